The van der Waals surface area contributed by atoms with Crippen LogP contribution >= 0.6 is 0 Å². The normalized spacial score (nSPS) is 21.2. The van der Waals surface area contributed by atoms with E-state index < -0.39 is 0 Å². The van der Waals surface area contributed by atoms with Gasteiger partial charge in [0, 0.05) is 0 Å². The molecule has 1 saturated heterocycles. The highest BCUT2D eigenvalue weighted by Crippen LogP contribution is 2.38. The van der Waals surface area contributed by atoms with Crippen LogP contribution < -0.4 is 5.32 Å². The van der Waals surface area contributed by atoms with Crippen molar-refractivity contribution in [1.29, 1.82) is 0 Å². The Morgan fingerprint density at radius 1 is 0.929 bits per heavy atom. The summed E-state index contributed by atoms with van der Waals surface area (Å²) in [6, 6.07) is 4.87. The highest BCUT2D eigenvalue weighted by Gasteiger charge is 2.35. The lowest BCUT2D eigenvalue weighted by molar-refractivity contribution is -0.120. The zero-order valence-corrected chi connectivity index (χ0v) is 19.4. The maximum Gasteiger partial charge on any atom is 0.223 e. The average molecular weight is 388 g/mol. The van der Waals surface area contributed by atoms with Crippen molar-refractivity contribution in [2.75, 3.05) is 0 Å². The third kappa shape index (κ3) is 5.37. The Kier molecular flexibility index (Phi) is 7.73. The third-order valence-corrected chi connectivity index (χ3v) is 5.87. The van der Waals surface area contributed by atoms with E-state index >= 15 is 0 Å². The molecule has 0 aliphatic carbocycles. The first-order valence-electron chi connectivity index (χ1n) is 11.1. The van der Waals surface area contributed by atoms with Crippen LogP contribution in [0, 0.1) is 5.92 Å². The van der Waals surface area contributed by atoms with E-state index in [2.05, 4.69) is 79.8 Å². The van der Waals surface area contributed by atoms with Gasteiger partial charge in [-0.2, -0.15) is 0 Å². The van der Waals surface area contributed by atoms with Crippen molar-refractivity contribution in [3.05, 3.63) is 34.4 Å². The van der Waals surface area contributed by atoms with Crippen LogP contribution in [0.25, 0.3) is 0 Å². The van der Waals surface area contributed by atoms with E-state index in [1.54, 1.807) is 0 Å². The van der Waals surface area contributed by atoms with Crippen molar-refractivity contribution in [1.82, 2.24) is 5.32 Å². The van der Waals surface area contributed by atoms with E-state index in [-0.39, 0.29) is 24.2 Å². The lowest BCUT2D eigenvalue weighted by Gasteiger charge is -2.30. The Balaban J connectivity index is 2.40. The minimum absolute atomic E-state index is 0.0247. The number of nitrogens with one attached hydrogen (secondary N) is 1. The smallest absolute Gasteiger partial charge is 0.223 e. The average Bonchev–Trinajstić information content (AvgIpc) is 2.91. The first-order chi connectivity index (χ1) is 13.0. The molecule has 0 unspecified atom stereocenters. The van der Waals surface area contributed by atoms with Crippen molar-refractivity contribution in [2.45, 2.75) is 111 Å². The minimum Gasteiger partial charge on any atom is -0.368 e. The van der Waals surface area contributed by atoms with E-state index in [1.165, 1.54) is 22.3 Å². The zero-order valence-electron chi connectivity index (χ0n) is 19.4. The summed E-state index contributed by atoms with van der Waals surface area (Å²) in [5.74, 6) is 2.03. The van der Waals surface area contributed by atoms with Crippen molar-refractivity contribution in [3.63, 3.8) is 0 Å². The Hall–Kier alpha value is -1.35. The maximum absolute atomic E-state index is 12.0. The maximum atomic E-state index is 12.0. The number of ether oxygens (including phenoxy) is 1. The van der Waals surface area contributed by atoms with Crippen molar-refractivity contribution >= 4 is 5.91 Å². The summed E-state index contributed by atoms with van der Waals surface area (Å²) in [5, 5.41) is 3.13. The van der Waals surface area contributed by atoms with Crippen molar-refractivity contribution in [2.24, 2.45) is 5.92 Å². The Morgan fingerprint density at radius 3 is 1.89 bits per heavy atom. The largest absolute Gasteiger partial charge is 0.368 e. The van der Waals surface area contributed by atoms with Crippen LogP contribution in [-0.2, 0) is 9.53 Å². The van der Waals surface area contributed by atoms with Gasteiger partial charge in [0.05, 0.1) is 24.7 Å². The minimum atomic E-state index is -0.0466. The van der Waals surface area contributed by atoms with Crippen LogP contribution in [0.1, 0.15) is 121 Å². The van der Waals surface area contributed by atoms with E-state index in [1.807, 2.05) is 0 Å². The summed E-state index contributed by atoms with van der Waals surface area (Å²) in [7, 11) is 0. The summed E-state index contributed by atoms with van der Waals surface area (Å²) in [5.41, 5.74) is 5.51. The van der Waals surface area contributed by atoms with E-state index in [9.17, 15) is 4.79 Å². The number of rotatable bonds is 8. The van der Waals surface area contributed by atoms with Gasteiger partial charge in [-0.3, -0.25) is 4.79 Å². The number of carbonyl (C=O) groups excluding carboxylic acids is 1. The number of hydrogen-bond donors (Lipinski definition) is 1. The van der Waals surface area contributed by atoms with Crippen LogP contribution in [0.3, 0.4) is 0 Å². The molecule has 1 fully saturated rings. The van der Waals surface area contributed by atoms with E-state index in [0.29, 0.717) is 30.1 Å². The molecule has 1 aliphatic heterocycles. The molecule has 1 aromatic carbocycles. The first kappa shape index (κ1) is 22.9. The molecular weight excluding hydrogens is 346 g/mol. The lowest BCUT2D eigenvalue weighted by Crippen LogP contribution is -2.35. The highest BCUT2D eigenvalue weighted by atomic mass is 16.5. The molecule has 2 rings (SSSR count). The number of carbonyl (C=O) groups is 1. The predicted molar refractivity (Wildman–Crippen MR) is 118 cm³/mol. The standard InChI is InChI=1S/C25H41NO2/c1-14(2)10-22-23(13-24(27)26-22)28-18(9)25-20(16(5)6)11-19(15(3)4)12-21(25)17(7)8/h11-12,14-18,22-23H,10,13H2,1-9H3,(H,26,27)/t18-,22+,23+/m1/s1. The summed E-state index contributed by atoms with van der Waals surface area (Å²) >= 11 is 0. The number of hydrogen-bond acceptors (Lipinski definition) is 2. The van der Waals surface area contributed by atoms with Crippen LogP contribution in [-0.4, -0.2) is 18.1 Å². The Morgan fingerprint density at radius 2 is 1.46 bits per heavy atom. The summed E-state index contributed by atoms with van der Waals surface area (Å²) in [6.07, 6.45) is 1.36. The van der Waals surface area contributed by atoms with E-state index in [4.69, 9.17) is 4.74 Å². The summed E-state index contributed by atoms with van der Waals surface area (Å²) < 4.78 is 6.58. The van der Waals surface area contributed by atoms with Gasteiger partial charge in [-0.1, -0.05) is 67.5 Å². The molecule has 1 amide bonds. The molecular formula is C25H41NO2. The van der Waals surface area contributed by atoms with Crippen LogP contribution in [0.5, 0.6) is 0 Å². The van der Waals surface area contributed by atoms with E-state index in [0.717, 1.165) is 6.42 Å². The monoisotopic (exact) mass is 387 g/mol. The molecule has 3 atom stereocenters. The molecule has 3 nitrogen and oxygen atoms in total. The topological polar surface area (TPSA) is 38.3 Å². The van der Waals surface area contributed by atoms with Crippen molar-refractivity contribution in [3.8, 4) is 0 Å². The fraction of sp³-hybridized carbons (Fsp3) is 0.720. The van der Waals surface area contributed by atoms with Gasteiger partial charge in [-0.15, -0.1) is 0 Å². The molecule has 1 N–H and O–H groups in total. The molecule has 1 aliphatic rings. The summed E-state index contributed by atoms with van der Waals surface area (Å²) in [4.78, 5) is 12.0. The molecule has 0 saturated carbocycles. The third-order valence-electron chi connectivity index (χ3n) is 5.87. The molecule has 28 heavy (non-hydrogen) atoms. The van der Waals surface area contributed by atoms with Gasteiger partial charge >= 0.3 is 0 Å². The molecule has 0 bridgehead atoms. The molecule has 3 heteroatoms. The molecule has 0 radical (unpaired) electrons. The van der Waals surface area contributed by atoms with Gasteiger partial charge in [0.25, 0.3) is 0 Å². The number of amides is 1. The second kappa shape index (κ2) is 9.43. The van der Waals surface area contributed by atoms with Gasteiger partial charge in [0.2, 0.25) is 5.91 Å². The fourth-order valence-electron chi connectivity index (χ4n) is 4.36. The quantitative estimate of drug-likeness (QED) is 0.557. The molecule has 0 aromatic heterocycles. The fourth-order valence-corrected chi connectivity index (χ4v) is 4.36. The second-order valence-electron chi connectivity index (χ2n) is 9.90. The van der Waals surface area contributed by atoms with Gasteiger partial charge in [-0.25, -0.2) is 0 Å². The summed E-state index contributed by atoms with van der Waals surface area (Å²) in [6.45, 7) is 20.1. The van der Waals surface area contributed by atoms with Crippen LogP contribution in [0.2, 0.25) is 0 Å². The number of benzene rings is 1. The zero-order chi connectivity index (χ0) is 21.2. The predicted octanol–water partition coefficient (Wildman–Crippen LogP) is 6.44. The van der Waals surface area contributed by atoms with Crippen LogP contribution in [0.4, 0.5) is 0 Å². The van der Waals surface area contributed by atoms with Crippen LogP contribution in [0.15, 0.2) is 12.1 Å². The highest BCUT2D eigenvalue weighted by molar-refractivity contribution is 5.79. The lowest BCUT2D eigenvalue weighted by atomic mass is 9.82. The molecule has 1 heterocycles. The SMILES string of the molecule is CC(C)C[C@@H]1NC(=O)C[C@@H]1O[C@H](C)c1c(C(C)C)cc(C(C)C)cc1C(C)C. The molecule has 1 aromatic rings. The second-order valence-corrected chi connectivity index (χ2v) is 9.90. The van der Waals surface area contributed by atoms with Gasteiger partial charge in [0.15, 0.2) is 0 Å². The van der Waals surface area contributed by atoms with Gasteiger partial charge < -0.3 is 10.1 Å². The molecule has 0 spiro atoms. The van der Waals surface area contributed by atoms with Gasteiger partial charge in [0.1, 0.15) is 0 Å². The Bertz CT molecular complexity index is 646. The molecule has 158 valence electrons. The van der Waals surface area contributed by atoms with Crippen molar-refractivity contribution < 1.29 is 9.53 Å². The first-order valence-corrected chi connectivity index (χ1v) is 11.1. The van der Waals surface area contributed by atoms with Gasteiger partial charge in [-0.05, 0) is 59.3 Å². The Labute approximate surface area is 172 Å².